The molecule has 1 N–H and O–H groups in total. The van der Waals surface area contributed by atoms with Crippen LogP contribution in [0.15, 0.2) is 65.6 Å². The summed E-state index contributed by atoms with van der Waals surface area (Å²) in [6.45, 7) is 4.85. The number of morpholine rings is 1. The summed E-state index contributed by atoms with van der Waals surface area (Å²) < 4.78 is 17.5. The lowest BCUT2D eigenvalue weighted by molar-refractivity contribution is -0.122. The first-order chi connectivity index (χ1) is 20.8. The van der Waals surface area contributed by atoms with Gasteiger partial charge in [-0.25, -0.2) is 4.79 Å². The van der Waals surface area contributed by atoms with Crippen molar-refractivity contribution in [2.24, 2.45) is 0 Å². The third-order valence-corrected chi connectivity index (χ3v) is 8.92. The molecule has 0 aliphatic carbocycles. The Morgan fingerprint density at radius 2 is 1.74 bits per heavy atom. The largest absolute Gasteiger partial charge is 0.495 e. The SMILES string of the molecule is COc1ccc(-c2ccc(OCCN3CCOCC3)c(C=C3SC(=S)N(CCc4ccc(C(=O)O)cc4)C3=O)c2)cc1Cl. The molecule has 2 aliphatic rings. The van der Waals surface area contributed by atoms with Gasteiger partial charge in [0.05, 0.1) is 35.8 Å². The molecule has 2 heterocycles. The van der Waals surface area contributed by atoms with Gasteiger partial charge in [-0.15, -0.1) is 0 Å². The summed E-state index contributed by atoms with van der Waals surface area (Å²) in [5.41, 5.74) is 3.72. The Kier molecular flexibility index (Phi) is 10.4. The molecule has 3 aromatic rings. The maximum absolute atomic E-state index is 13.5. The molecule has 0 aromatic heterocycles. The first-order valence-electron chi connectivity index (χ1n) is 13.8. The van der Waals surface area contributed by atoms with Crippen LogP contribution >= 0.6 is 35.6 Å². The summed E-state index contributed by atoms with van der Waals surface area (Å²) in [6.07, 6.45) is 2.38. The molecule has 0 spiro atoms. The second-order valence-corrected chi connectivity index (χ2v) is 12.1. The quantitative estimate of drug-likeness (QED) is 0.205. The normalized spacial score (nSPS) is 16.6. The topological polar surface area (TPSA) is 88.5 Å². The molecule has 0 atom stereocenters. The van der Waals surface area contributed by atoms with Crippen molar-refractivity contribution in [3.05, 3.63) is 87.3 Å². The van der Waals surface area contributed by atoms with Crippen LogP contribution in [0, 0.1) is 0 Å². The zero-order chi connectivity index (χ0) is 30.3. The smallest absolute Gasteiger partial charge is 0.335 e. The number of hydrogen-bond donors (Lipinski definition) is 1. The number of amides is 1. The first-order valence-corrected chi connectivity index (χ1v) is 15.4. The van der Waals surface area contributed by atoms with Gasteiger partial charge in [0.1, 0.15) is 22.4 Å². The lowest BCUT2D eigenvalue weighted by atomic mass is 10.0. The number of benzene rings is 3. The Morgan fingerprint density at radius 1 is 1.05 bits per heavy atom. The van der Waals surface area contributed by atoms with Crippen LogP contribution in [0.4, 0.5) is 0 Å². The molecule has 5 rings (SSSR count). The Labute approximate surface area is 265 Å². The molecule has 0 radical (unpaired) electrons. The Balaban J connectivity index is 1.36. The number of carbonyl (C=O) groups is 2. The van der Waals surface area contributed by atoms with Gasteiger partial charge in [0.15, 0.2) is 0 Å². The van der Waals surface area contributed by atoms with E-state index < -0.39 is 5.97 Å². The molecule has 0 unspecified atom stereocenters. The third kappa shape index (κ3) is 7.76. The van der Waals surface area contributed by atoms with Gasteiger partial charge in [0.25, 0.3) is 5.91 Å². The van der Waals surface area contributed by atoms with Crippen LogP contribution in [0.5, 0.6) is 11.5 Å². The molecule has 0 saturated carbocycles. The van der Waals surface area contributed by atoms with Gasteiger partial charge in [-0.1, -0.05) is 59.8 Å². The van der Waals surface area contributed by atoms with E-state index in [1.165, 1.54) is 11.8 Å². The Morgan fingerprint density at radius 3 is 2.42 bits per heavy atom. The van der Waals surface area contributed by atoms with Crippen LogP contribution in [-0.4, -0.2) is 84.2 Å². The number of nitrogens with zero attached hydrogens (tertiary/aromatic N) is 2. The predicted octanol–water partition coefficient (Wildman–Crippen LogP) is 5.87. The van der Waals surface area contributed by atoms with Gasteiger partial charge in [-0.3, -0.25) is 14.6 Å². The van der Waals surface area contributed by atoms with E-state index in [1.54, 1.807) is 36.3 Å². The van der Waals surface area contributed by atoms with Crippen LogP contribution in [0.3, 0.4) is 0 Å². The fourth-order valence-corrected chi connectivity index (χ4v) is 6.37. The summed E-state index contributed by atoms with van der Waals surface area (Å²) in [5.74, 6) is 0.113. The minimum atomic E-state index is -0.975. The van der Waals surface area contributed by atoms with Crippen molar-refractivity contribution < 1.29 is 28.9 Å². The number of rotatable bonds is 11. The highest BCUT2D eigenvalue weighted by atomic mass is 35.5. The van der Waals surface area contributed by atoms with E-state index in [4.69, 9.17) is 43.1 Å². The van der Waals surface area contributed by atoms with E-state index >= 15 is 0 Å². The molecule has 2 saturated heterocycles. The van der Waals surface area contributed by atoms with Gasteiger partial charge in [-0.05, 0) is 65.6 Å². The van der Waals surface area contributed by atoms with Crippen molar-refractivity contribution in [1.82, 2.24) is 9.80 Å². The Hall–Kier alpha value is -3.41. The number of carbonyl (C=O) groups excluding carboxylic acids is 1. The summed E-state index contributed by atoms with van der Waals surface area (Å²) in [7, 11) is 1.58. The number of ether oxygens (including phenoxy) is 3. The Bertz CT molecular complexity index is 1540. The molecular formula is C32H31ClN2O6S2. The molecule has 2 fully saturated rings. The molecule has 2 aliphatic heterocycles. The lowest BCUT2D eigenvalue weighted by Gasteiger charge is -2.26. The van der Waals surface area contributed by atoms with Gasteiger partial charge >= 0.3 is 5.97 Å². The standard InChI is InChI=1S/C32H31ClN2O6S2/c1-39-28-9-7-24(19-26(28)33)23-6-8-27(41-17-14-34-12-15-40-16-13-34)25(18-23)20-29-30(36)35(32(42)43-29)11-10-21-2-4-22(5-3-21)31(37)38/h2-9,18-20H,10-17H2,1H3,(H,37,38). The van der Waals surface area contributed by atoms with Crippen molar-refractivity contribution >= 4 is 57.9 Å². The van der Waals surface area contributed by atoms with Crippen LogP contribution < -0.4 is 9.47 Å². The van der Waals surface area contributed by atoms with E-state index in [1.807, 2.05) is 42.5 Å². The minimum Gasteiger partial charge on any atom is -0.495 e. The van der Waals surface area contributed by atoms with Gasteiger partial charge < -0.3 is 19.3 Å². The van der Waals surface area contributed by atoms with Crippen molar-refractivity contribution in [1.29, 1.82) is 0 Å². The molecule has 3 aromatic carbocycles. The number of aromatic carboxylic acids is 1. The molecule has 8 nitrogen and oxygen atoms in total. The van der Waals surface area contributed by atoms with Gasteiger partial charge in [0, 0.05) is 31.7 Å². The van der Waals surface area contributed by atoms with E-state index in [2.05, 4.69) is 4.90 Å². The predicted molar refractivity (Wildman–Crippen MR) is 173 cm³/mol. The number of methoxy groups -OCH3 is 1. The maximum atomic E-state index is 13.5. The van der Waals surface area contributed by atoms with Crippen molar-refractivity contribution in [3.8, 4) is 22.6 Å². The number of hydrogen-bond acceptors (Lipinski definition) is 8. The highest BCUT2D eigenvalue weighted by molar-refractivity contribution is 8.26. The summed E-state index contributed by atoms with van der Waals surface area (Å²) in [4.78, 5) is 29.0. The van der Waals surface area contributed by atoms with Crippen molar-refractivity contribution in [2.45, 2.75) is 6.42 Å². The summed E-state index contributed by atoms with van der Waals surface area (Å²) in [5, 5.41) is 9.64. The fraction of sp³-hybridized carbons (Fsp3) is 0.281. The summed E-state index contributed by atoms with van der Waals surface area (Å²) >= 11 is 13.2. The van der Waals surface area contributed by atoms with Crippen LogP contribution in [0.2, 0.25) is 5.02 Å². The zero-order valence-corrected chi connectivity index (χ0v) is 26.0. The number of carboxylic acid groups (broad SMARTS) is 1. The lowest BCUT2D eigenvalue weighted by Crippen LogP contribution is -2.38. The highest BCUT2D eigenvalue weighted by Crippen LogP contribution is 2.37. The number of thiocarbonyl (C=S) groups is 1. The van der Waals surface area contributed by atoms with E-state index in [0.29, 0.717) is 45.3 Å². The first kappa shape index (κ1) is 31.0. The van der Waals surface area contributed by atoms with Crippen LogP contribution in [0.25, 0.3) is 17.2 Å². The second-order valence-electron chi connectivity index (χ2n) is 9.99. The number of halogens is 1. The molecule has 0 bridgehead atoms. The average molecular weight is 639 g/mol. The van der Waals surface area contributed by atoms with Crippen LogP contribution in [-0.2, 0) is 16.0 Å². The molecule has 224 valence electrons. The van der Waals surface area contributed by atoms with Crippen molar-refractivity contribution in [2.75, 3.05) is 53.1 Å². The van der Waals surface area contributed by atoms with Gasteiger partial charge in [-0.2, -0.15) is 0 Å². The highest BCUT2D eigenvalue weighted by Gasteiger charge is 2.32. The van der Waals surface area contributed by atoms with Crippen molar-refractivity contribution in [3.63, 3.8) is 0 Å². The van der Waals surface area contributed by atoms with E-state index in [-0.39, 0.29) is 11.5 Å². The fourth-order valence-electron chi connectivity index (χ4n) is 4.82. The molecule has 43 heavy (non-hydrogen) atoms. The van der Waals surface area contributed by atoms with E-state index in [9.17, 15) is 9.59 Å². The number of carboxylic acids is 1. The molecule has 1 amide bonds. The number of thioether (sulfide) groups is 1. The average Bonchev–Trinajstić information content (AvgIpc) is 3.28. The second kappa shape index (κ2) is 14.4. The maximum Gasteiger partial charge on any atom is 0.335 e. The third-order valence-electron chi connectivity index (χ3n) is 7.25. The monoisotopic (exact) mass is 638 g/mol. The summed E-state index contributed by atoms with van der Waals surface area (Å²) in [6, 6.07) is 18.1. The molecule has 11 heteroatoms. The van der Waals surface area contributed by atoms with Crippen LogP contribution in [0.1, 0.15) is 21.5 Å². The van der Waals surface area contributed by atoms with Gasteiger partial charge in [0.2, 0.25) is 0 Å². The van der Waals surface area contributed by atoms with E-state index in [0.717, 1.165) is 55.1 Å². The minimum absolute atomic E-state index is 0.172. The molecular weight excluding hydrogens is 608 g/mol. The zero-order valence-electron chi connectivity index (χ0n) is 23.6.